The predicted molar refractivity (Wildman–Crippen MR) is 133 cm³/mol. The van der Waals surface area contributed by atoms with Crippen molar-refractivity contribution in [3.05, 3.63) is 65.0 Å². The second-order valence-corrected chi connectivity index (χ2v) is 8.32. The molecule has 4 aromatic rings. The molecular weight excluding hydrogens is 444 g/mol. The number of aromatic amines is 1. The number of amides is 1. The number of ether oxygens (including phenoxy) is 1. The lowest BCUT2D eigenvalue weighted by molar-refractivity contribution is -0.126. The molecule has 1 fully saturated rings. The number of nitrogens with one attached hydrogen (secondary N) is 1. The molecule has 3 N–H and O–H groups in total. The molecule has 0 aliphatic carbocycles. The molecule has 2 aromatic carbocycles. The number of para-hydroxylation sites is 1. The number of fused-ring (bicyclic) bond motifs is 1. The number of aromatic nitrogens is 4. The van der Waals surface area contributed by atoms with Crippen LogP contribution in [-0.2, 0) is 4.79 Å². The number of nitrogens with two attached hydrogens (primary N) is 1. The first-order valence-corrected chi connectivity index (χ1v) is 11.4. The van der Waals surface area contributed by atoms with E-state index in [1.807, 2.05) is 54.6 Å². The highest BCUT2D eigenvalue weighted by Gasteiger charge is 2.29. The Morgan fingerprint density at radius 3 is 2.63 bits per heavy atom. The summed E-state index contributed by atoms with van der Waals surface area (Å²) in [5, 5.41) is 11.7. The number of benzene rings is 2. The molecule has 1 aliphatic rings. The van der Waals surface area contributed by atoms with Crippen LogP contribution in [0.15, 0.2) is 59.4 Å². The first-order valence-electron chi connectivity index (χ1n) is 11.4. The molecule has 5 rings (SSSR count). The standard InChI is InChI=1S/C26H24N6O3/c1-2-7-21(33)31-15-6-8-18(16-31)32-24-22(25(27)28-29-26(24)34)23(30-32)17-11-13-20(14-12-17)35-19-9-4-3-5-10-19/h3-5,9-14,18H,6,8,15-16H2,1H3,(H2,27,28)(H,29,34)/t18-/m1/s1. The third-order valence-corrected chi connectivity index (χ3v) is 6.03. The third kappa shape index (κ3) is 4.34. The van der Waals surface area contributed by atoms with Crippen LogP contribution in [0.5, 0.6) is 11.5 Å². The molecule has 1 amide bonds. The van der Waals surface area contributed by atoms with Gasteiger partial charge in [-0.2, -0.15) is 10.2 Å². The maximum absolute atomic E-state index is 12.9. The summed E-state index contributed by atoms with van der Waals surface area (Å²) in [6, 6.07) is 16.7. The van der Waals surface area contributed by atoms with E-state index in [4.69, 9.17) is 15.6 Å². The van der Waals surface area contributed by atoms with Gasteiger partial charge in [0.2, 0.25) is 0 Å². The van der Waals surface area contributed by atoms with E-state index in [2.05, 4.69) is 22.0 Å². The fraction of sp³-hybridized carbons (Fsp3) is 0.231. The molecule has 0 spiro atoms. The lowest BCUT2D eigenvalue weighted by Crippen LogP contribution is -2.40. The van der Waals surface area contributed by atoms with Crippen LogP contribution < -0.4 is 16.0 Å². The van der Waals surface area contributed by atoms with E-state index < -0.39 is 0 Å². The first-order chi connectivity index (χ1) is 17.0. The molecule has 2 aromatic heterocycles. The zero-order chi connectivity index (χ0) is 24.4. The van der Waals surface area contributed by atoms with Crippen LogP contribution in [0.1, 0.15) is 25.8 Å². The van der Waals surface area contributed by atoms with Crippen molar-refractivity contribution in [2.24, 2.45) is 0 Å². The Kier molecular flexibility index (Phi) is 5.94. The topological polar surface area (TPSA) is 119 Å². The van der Waals surface area contributed by atoms with Crippen molar-refractivity contribution in [1.29, 1.82) is 0 Å². The maximum atomic E-state index is 12.9. The van der Waals surface area contributed by atoms with Gasteiger partial charge in [-0.3, -0.25) is 14.3 Å². The number of hydrogen-bond donors (Lipinski definition) is 2. The van der Waals surface area contributed by atoms with E-state index >= 15 is 0 Å². The summed E-state index contributed by atoms with van der Waals surface area (Å²) in [4.78, 5) is 26.9. The summed E-state index contributed by atoms with van der Waals surface area (Å²) in [5.74, 6) is 6.62. The second kappa shape index (κ2) is 9.35. The van der Waals surface area contributed by atoms with Crippen molar-refractivity contribution in [3.8, 4) is 34.6 Å². The van der Waals surface area contributed by atoms with Crippen LogP contribution in [0.25, 0.3) is 22.2 Å². The Balaban J connectivity index is 1.53. The normalized spacial score (nSPS) is 15.5. The zero-order valence-electron chi connectivity index (χ0n) is 19.2. The van der Waals surface area contributed by atoms with E-state index in [9.17, 15) is 9.59 Å². The number of hydrogen-bond acceptors (Lipinski definition) is 6. The average Bonchev–Trinajstić information content (AvgIpc) is 3.30. The molecule has 1 atom stereocenters. The second-order valence-electron chi connectivity index (χ2n) is 8.32. The molecule has 1 aliphatic heterocycles. The first kappa shape index (κ1) is 22.2. The number of carbonyl (C=O) groups excluding carboxylic acids is 1. The fourth-order valence-corrected chi connectivity index (χ4v) is 4.41. The summed E-state index contributed by atoms with van der Waals surface area (Å²) in [6.45, 7) is 2.67. The van der Waals surface area contributed by atoms with Crippen molar-refractivity contribution < 1.29 is 9.53 Å². The van der Waals surface area contributed by atoms with Gasteiger partial charge in [0.05, 0.1) is 11.4 Å². The van der Waals surface area contributed by atoms with Crippen LogP contribution in [0.4, 0.5) is 5.82 Å². The quantitative estimate of drug-likeness (QED) is 0.444. The summed E-state index contributed by atoms with van der Waals surface area (Å²) in [7, 11) is 0. The van der Waals surface area contributed by atoms with Gasteiger partial charge in [-0.15, -0.1) is 0 Å². The number of rotatable bonds is 4. The molecule has 35 heavy (non-hydrogen) atoms. The van der Waals surface area contributed by atoms with Crippen LogP contribution in [0.3, 0.4) is 0 Å². The van der Waals surface area contributed by atoms with Crippen LogP contribution in [-0.4, -0.2) is 43.9 Å². The number of nitrogens with zero attached hydrogens (tertiary/aromatic N) is 4. The van der Waals surface area contributed by atoms with Gasteiger partial charge in [0.1, 0.15) is 22.7 Å². The minimum Gasteiger partial charge on any atom is -0.457 e. The molecule has 0 bridgehead atoms. The Morgan fingerprint density at radius 2 is 1.89 bits per heavy atom. The third-order valence-electron chi connectivity index (χ3n) is 6.03. The van der Waals surface area contributed by atoms with Crippen LogP contribution in [0.2, 0.25) is 0 Å². The molecule has 3 heterocycles. The Hall–Kier alpha value is -4.58. The Morgan fingerprint density at radius 1 is 1.14 bits per heavy atom. The molecule has 1 saturated heterocycles. The van der Waals surface area contributed by atoms with Gasteiger partial charge in [0, 0.05) is 18.7 Å². The van der Waals surface area contributed by atoms with Crippen molar-refractivity contribution in [2.75, 3.05) is 18.8 Å². The molecular formula is C26H24N6O3. The van der Waals surface area contributed by atoms with E-state index in [1.54, 1.807) is 16.5 Å². The SMILES string of the molecule is CC#CC(=O)N1CCC[C@@H](n2nc(-c3ccc(Oc4ccccc4)cc3)c3c(N)n[nH]c(=O)c32)C1. The highest BCUT2D eigenvalue weighted by Crippen LogP contribution is 2.34. The Labute approximate surface area is 201 Å². The molecule has 0 saturated carbocycles. The summed E-state index contributed by atoms with van der Waals surface area (Å²) < 4.78 is 7.58. The molecule has 0 unspecified atom stereocenters. The fourth-order valence-electron chi connectivity index (χ4n) is 4.41. The van der Waals surface area contributed by atoms with Crippen molar-refractivity contribution in [1.82, 2.24) is 24.9 Å². The van der Waals surface area contributed by atoms with Crippen LogP contribution in [0, 0.1) is 11.8 Å². The smallest absolute Gasteiger partial charge is 0.298 e. The number of piperidine rings is 1. The number of likely N-dealkylation sites (tertiary alicyclic amines) is 1. The van der Waals surface area contributed by atoms with Crippen molar-refractivity contribution in [2.45, 2.75) is 25.8 Å². The van der Waals surface area contributed by atoms with E-state index in [1.165, 1.54) is 0 Å². The minimum absolute atomic E-state index is 0.186. The van der Waals surface area contributed by atoms with Gasteiger partial charge < -0.3 is 15.4 Å². The monoisotopic (exact) mass is 468 g/mol. The highest BCUT2D eigenvalue weighted by molar-refractivity contribution is 5.99. The van der Waals surface area contributed by atoms with Crippen LogP contribution >= 0.6 is 0 Å². The summed E-state index contributed by atoms with van der Waals surface area (Å²) in [6.07, 6.45) is 1.55. The number of H-pyrrole nitrogens is 1. The summed E-state index contributed by atoms with van der Waals surface area (Å²) >= 11 is 0. The van der Waals surface area contributed by atoms with Crippen molar-refractivity contribution in [3.63, 3.8) is 0 Å². The highest BCUT2D eigenvalue weighted by atomic mass is 16.5. The van der Waals surface area contributed by atoms with Gasteiger partial charge in [-0.25, -0.2) is 5.10 Å². The zero-order valence-corrected chi connectivity index (χ0v) is 19.2. The van der Waals surface area contributed by atoms with Gasteiger partial charge in [0.15, 0.2) is 5.82 Å². The lowest BCUT2D eigenvalue weighted by atomic mass is 10.1. The minimum atomic E-state index is -0.381. The molecule has 9 heteroatoms. The lowest BCUT2D eigenvalue weighted by Gasteiger charge is -2.31. The van der Waals surface area contributed by atoms with Gasteiger partial charge in [0.25, 0.3) is 11.5 Å². The average molecular weight is 469 g/mol. The van der Waals surface area contributed by atoms with Gasteiger partial charge in [-0.05, 0) is 62.1 Å². The number of nitrogen functional groups attached to an aromatic ring is 1. The Bertz CT molecular complexity index is 1500. The van der Waals surface area contributed by atoms with Crippen molar-refractivity contribution >= 4 is 22.6 Å². The molecule has 0 radical (unpaired) electrons. The van der Waals surface area contributed by atoms with Gasteiger partial charge in [-0.1, -0.05) is 24.1 Å². The number of anilines is 1. The molecule has 9 nitrogen and oxygen atoms in total. The van der Waals surface area contributed by atoms with E-state index in [-0.39, 0.29) is 23.3 Å². The maximum Gasteiger partial charge on any atom is 0.298 e. The van der Waals surface area contributed by atoms with Gasteiger partial charge >= 0.3 is 0 Å². The summed E-state index contributed by atoms with van der Waals surface area (Å²) in [5.41, 5.74) is 7.50. The van der Waals surface area contributed by atoms with E-state index in [0.29, 0.717) is 35.4 Å². The van der Waals surface area contributed by atoms with E-state index in [0.717, 1.165) is 24.2 Å². The largest absolute Gasteiger partial charge is 0.457 e. The number of carbonyl (C=O) groups is 1. The predicted octanol–water partition coefficient (Wildman–Crippen LogP) is 3.35. The molecule has 176 valence electrons.